The molecule has 0 aromatic heterocycles. The first-order chi connectivity index (χ1) is 7.66. The average molecular weight is 224 g/mol. The number of nitrogens with zero attached hydrogens (tertiary/aromatic N) is 1. The smallest absolute Gasteiger partial charge is 0.243 e. The Morgan fingerprint density at radius 2 is 2.25 bits per heavy atom. The van der Waals surface area contributed by atoms with E-state index in [9.17, 15) is 4.79 Å². The number of nitrogens with one attached hydrogen (secondary N) is 1. The van der Waals surface area contributed by atoms with Crippen LogP contribution in [0.4, 0.5) is 0 Å². The minimum Gasteiger partial charge on any atom is -0.381 e. The third kappa shape index (κ3) is 2.13. The number of amides is 1. The van der Waals surface area contributed by atoms with Gasteiger partial charge in [-0.3, -0.25) is 9.69 Å². The number of likely N-dealkylation sites (tertiary alicyclic amines) is 1. The third-order valence-corrected chi connectivity index (χ3v) is 3.89. The summed E-state index contributed by atoms with van der Waals surface area (Å²) in [5.41, 5.74) is 0.247. The van der Waals surface area contributed by atoms with Gasteiger partial charge in [0.05, 0.1) is 0 Å². The second kappa shape index (κ2) is 4.55. The molecule has 0 bridgehead atoms. The second-order valence-corrected chi connectivity index (χ2v) is 4.83. The maximum Gasteiger partial charge on any atom is 0.243 e. The quantitative estimate of drug-likeness (QED) is 0.696. The van der Waals surface area contributed by atoms with Crippen molar-refractivity contribution in [1.82, 2.24) is 10.2 Å². The van der Waals surface area contributed by atoms with E-state index < -0.39 is 0 Å². The van der Waals surface area contributed by atoms with Crippen LogP contribution in [0, 0.1) is 0 Å². The average Bonchev–Trinajstić information content (AvgIpc) is 2.56. The van der Waals surface area contributed by atoms with E-state index in [0.717, 1.165) is 39.0 Å². The van der Waals surface area contributed by atoms with Crippen molar-refractivity contribution in [3.63, 3.8) is 0 Å². The Balaban J connectivity index is 1.97. The minimum absolute atomic E-state index is 0.0671. The van der Waals surface area contributed by atoms with E-state index in [1.807, 2.05) is 0 Å². The molecule has 4 heteroatoms. The van der Waals surface area contributed by atoms with E-state index in [-0.39, 0.29) is 17.5 Å². The fourth-order valence-electron chi connectivity index (χ4n) is 2.90. The Morgan fingerprint density at radius 1 is 1.56 bits per heavy atom. The summed E-state index contributed by atoms with van der Waals surface area (Å²) in [5.74, 6) is -0.0671. The molecule has 16 heavy (non-hydrogen) atoms. The van der Waals surface area contributed by atoms with Gasteiger partial charge < -0.3 is 10.1 Å². The fraction of sp³-hybridized carbons (Fsp3) is 0.750. The van der Waals surface area contributed by atoms with Crippen molar-refractivity contribution in [2.24, 2.45) is 0 Å². The highest BCUT2D eigenvalue weighted by Gasteiger charge is 2.44. The van der Waals surface area contributed by atoms with Crippen LogP contribution < -0.4 is 5.32 Å². The van der Waals surface area contributed by atoms with Crippen molar-refractivity contribution in [3.8, 4) is 0 Å². The molecule has 1 N–H and O–H groups in total. The van der Waals surface area contributed by atoms with Gasteiger partial charge in [-0.2, -0.15) is 0 Å². The molecule has 0 aromatic carbocycles. The van der Waals surface area contributed by atoms with Crippen molar-refractivity contribution in [1.29, 1.82) is 0 Å². The zero-order valence-electron chi connectivity index (χ0n) is 9.87. The molecule has 0 radical (unpaired) electrons. The van der Waals surface area contributed by atoms with E-state index in [1.165, 1.54) is 6.08 Å². The van der Waals surface area contributed by atoms with E-state index in [0.29, 0.717) is 0 Å². The summed E-state index contributed by atoms with van der Waals surface area (Å²) in [6, 6.07) is 0.258. The Kier molecular flexibility index (Phi) is 3.30. The maximum atomic E-state index is 11.3. The number of likely N-dealkylation sites (N-methyl/N-ethyl adjacent to an activating group) is 1. The van der Waals surface area contributed by atoms with Crippen LogP contribution in [-0.2, 0) is 9.53 Å². The van der Waals surface area contributed by atoms with Gasteiger partial charge in [0.25, 0.3) is 0 Å². The van der Waals surface area contributed by atoms with Crippen molar-refractivity contribution >= 4 is 5.91 Å². The lowest BCUT2D eigenvalue weighted by Gasteiger charge is -2.39. The largest absolute Gasteiger partial charge is 0.381 e. The Labute approximate surface area is 96.6 Å². The standard InChI is InChI=1S/C12H20N2O2/c1-3-11(15)13-10-8-12(14(2)9-10)4-6-16-7-5-12/h3,10H,1,4-9H2,2H3,(H,13,15). The normalized spacial score (nSPS) is 29.2. The van der Waals surface area contributed by atoms with E-state index in [4.69, 9.17) is 4.74 Å². The van der Waals surface area contributed by atoms with Crippen LogP contribution in [0.25, 0.3) is 0 Å². The summed E-state index contributed by atoms with van der Waals surface area (Å²) < 4.78 is 5.41. The van der Waals surface area contributed by atoms with Gasteiger partial charge in [0.15, 0.2) is 0 Å². The SMILES string of the molecule is C=CC(=O)NC1CN(C)C2(CCOCC2)C1. The van der Waals surface area contributed by atoms with E-state index >= 15 is 0 Å². The summed E-state index contributed by atoms with van der Waals surface area (Å²) in [6.07, 6.45) is 4.52. The van der Waals surface area contributed by atoms with Gasteiger partial charge in [-0.05, 0) is 32.4 Å². The van der Waals surface area contributed by atoms with Crippen molar-refractivity contribution < 1.29 is 9.53 Å². The highest BCUT2D eigenvalue weighted by molar-refractivity contribution is 5.87. The molecule has 1 spiro atoms. The molecule has 0 aliphatic carbocycles. The lowest BCUT2D eigenvalue weighted by molar-refractivity contribution is -0.117. The molecule has 90 valence electrons. The van der Waals surface area contributed by atoms with Crippen LogP contribution in [0.2, 0.25) is 0 Å². The second-order valence-electron chi connectivity index (χ2n) is 4.83. The number of hydrogen-bond acceptors (Lipinski definition) is 3. The zero-order valence-corrected chi connectivity index (χ0v) is 9.87. The first-order valence-corrected chi connectivity index (χ1v) is 5.88. The zero-order chi connectivity index (χ0) is 11.6. The summed E-state index contributed by atoms with van der Waals surface area (Å²) in [6.45, 7) is 6.09. The lowest BCUT2D eigenvalue weighted by atomic mass is 9.86. The molecule has 2 rings (SSSR count). The monoisotopic (exact) mass is 224 g/mol. The Hall–Kier alpha value is -0.870. The van der Waals surface area contributed by atoms with Crippen molar-refractivity contribution in [3.05, 3.63) is 12.7 Å². The first-order valence-electron chi connectivity index (χ1n) is 5.88. The van der Waals surface area contributed by atoms with Gasteiger partial charge in [0.1, 0.15) is 0 Å². The van der Waals surface area contributed by atoms with Crippen molar-refractivity contribution in [2.75, 3.05) is 26.8 Å². The predicted octanol–water partition coefficient (Wildman–Crippen LogP) is 0.542. The number of hydrogen-bond donors (Lipinski definition) is 1. The number of rotatable bonds is 2. The van der Waals surface area contributed by atoms with Crippen LogP contribution in [0.3, 0.4) is 0 Å². The van der Waals surface area contributed by atoms with Crippen LogP contribution in [0.15, 0.2) is 12.7 Å². The Bertz CT molecular complexity index is 285. The van der Waals surface area contributed by atoms with Crippen LogP contribution >= 0.6 is 0 Å². The molecule has 2 saturated heterocycles. The third-order valence-electron chi connectivity index (χ3n) is 3.89. The van der Waals surface area contributed by atoms with E-state index in [2.05, 4.69) is 23.8 Å². The van der Waals surface area contributed by atoms with Crippen LogP contribution in [0.1, 0.15) is 19.3 Å². The van der Waals surface area contributed by atoms with E-state index in [1.54, 1.807) is 0 Å². The number of carbonyl (C=O) groups excluding carboxylic acids is 1. The summed E-state index contributed by atoms with van der Waals surface area (Å²) >= 11 is 0. The molecular weight excluding hydrogens is 204 g/mol. The highest BCUT2D eigenvalue weighted by atomic mass is 16.5. The van der Waals surface area contributed by atoms with Crippen LogP contribution in [-0.4, -0.2) is 49.2 Å². The highest BCUT2D eigenvalue weighted by Crippen LogP contribution is 2.36. The lowest BCUT2D eigenvalue weighted by Crippen LogP contribution is -2.45. The molecule has 2 aliphatic rings. The molecular formula is C12H20N2O2. The molecule has 0 saturated carbocycles. The van der Waals surface area contributed by atoms with Gasteiger partial charge in [0.2, 0.25) is 5.91 Å². The molecule has 1 amide bonds. The molecule has 2 fully saturated rings. The summed E-state index contributed by atoms with van der Waals surface area (Å²) in [4.78, 5) is 13.7. The van der Waals surface area contributed by atoms with Crippen molar-refractivity contribution in [2.45, 2.75) is 30.8 Å². The molecule has 2 heterocycles. The summed E-state index contributed by atoms with van der Waals surface area (Å²) in [5, 5.41) is 2.99. The summed E-state index contributed by atoms with van der Waals surface area (Å²) in [7, 11) is 2.14. The minimum atomic E-state index is -0.0671. The van der Waals surface area contributed by atoms with Crippen LogP contribution in [0.5, 0.6) is 0 Å². The first kappa shape index (κ1) is 11.6. The number of carbonyl (C=O) groups is 1. The topological polar surface area (TPSA) is 41.6 Å². The Morgan fingerprint density at radius 3 is 2.88 bits per heavy atom. The molecule has 2 aliphatic heterocycles. The van der Waals surface area contributed by atoms with Gasteiger partial charge in [-0.25, -0.2) is 0 Å². The van der Waals surface area contributed by atoms with Gasteiger partial charge >= 0.3 is 0 Å². The number of ether oxygens (including phenoxy) is 1. The van der Waals surface area contributed by atoms with Gasteiger partial charge in [0, 0.05) is 31.3 Å². The van der Waals surface area contributed by atoms with Gasteiger partial charge in [-0.1, -0.05) is 6.58 Å². The molecule has 1 atom stereocenters. The molecule has 1 unspecified atom stereocenters. The van der Waals surface area contributed by atoms with Gasteiger partial charge in [-0.15, -0.1) is 0 Å². The maximum absolute atomic E-state index is 11.3. The molecule has 0 aromatic rings. The fourth-order valence-corrected chi connectivity index (χ4v) is 2.90. The predicted molar refractivity (Wildman–Crippen MR) is 62.2 cm³/mol. The molecule has 4 nitrogen and oxygen atoms in total.